The molecule has 3 rings (SSSR count). The van der Waals surface area contributed by atoms with Gasteiger partial charge in [0.25, 0.3) is 0 Å². The number of carboxylic acid groups (broad SMARTS) is 1. The van der Waals surface area contributed by atoms with Crippen molar-refractivity contribution in [1.82, 2.24) is 5.32 Å². The molecule has 2 aliphatic carbocycles. The lowest BCUT2D eigenvalue weighted by Gasteiger charge is -2.58. The van der Waals surface area contributed by atoms with Crippen molar-refractivity contribution >= 4 is 17.6 Å². The Morgan fingerprint density at radius 1 is 1.25 bits per heavy atom. The van der Waals surface area contributed by atoms with Crippen LogP contribution < -0.4 is 5.32 Å². The maximum atomic E-state index is 11.9. The molecule has 0 aromatic heterocycles. The van der Waals surface area contributed by atoms with E-state index < -0.39 is 5.97 Å². The van der Waals surface area contributed by atoms with Crippen LogP contribution in [0, 0.1) is 23.2 Å². The molecule has 5 unspecified atom stereocenters. The van der Waals surface area contributed by atoms with E-state index in [4.69, 9.17) is 5.11 Å². The Labute approximate surface area is 142 Å². The minimum Gasteiger partial charge on any atom is -0.481 e. The summed E-state index contributed by atoms with van der Waals surface area (Å²) >= 11 is 0. The highest BCUT2D eigenvalue weighted by atomic mass is 16.4. The Morgan fingerprint density at radius 2 is 2.00 bits per heavy atom. The highest BCUT2D eigenvalue weighted by molar-refractivity contribution is 5.91. The molecule has 0 spiro atoms. The van der Waals surface area contributed by atoms with Crippen LogP contribution in [0.4, 0.5) is 0 Å². The molecular formula is C18H28N2O4. The number of nitrogens with zero attached hydrogens (tertiary/aromatic N) is 1. The lowest BCUT2D eigenvalue weighted by atomic mass is 9.49. The van der Waals surface area contributed by atoms with Gasteiger partial charge in [-0.2, -0.15) is 0 Å². The fourth-order valence-electron chi connectivity index (χ4n) is 5.82. The Hall–Kier alpha value is -1.59. The molecular weight excluding hydrogens is 308 g/mol. The molecule has 3 N–H and O–H groups in total. The quantitative estimate of drug-likeness (QED) is 0.545. The van der Waals surface area contributed by atoms with Crippen LogP contribution in [-0.4, -0.2) is 33.4 Å². The summed E-state index contributed by atoms with van der Waals surface area (Å²) in [6, 6.07) is 0. The molecule has 3 fully saturated rings. The smallest absolute Gasteiger partial charge is 0.303 e. The molecule has 1 aliphatic heterocycles. The monoisotopic (exact) mass is 336 g/mol. The van der Waals surface area contributed by atoms with Crippen molar-refractivity contribution in [3.63, 3.8) is 0 Å². The molecule has 0 aromatic rings. The van der Waals surface area contributed by atoms with Crippen molar-refractivity contribution in [2.24, 2.45) is 28.3 Å². The fourth-order valence-corrected chi connectivity index (χ4v) is 5.82. The summed E-state index contributed by atoms with van der Waals surface area (Å²) in [5, 5.41) is 25.4. The number of nitrogens with one attached hydrogen (secondary N) is 1. The Bertz CT molecular complexity index is 575. The summed E-state index contributed by atoms with van der Waals surface area (Å²) in [6.45, 7) is 4.24. The predicted octanol–water partition coefficient (Wildman–Crippen LogP) is 2.79. The van der Waals surface area contributed by atoms with E-state index in [-0.39, 0.29) is 23.3 Å². The number of carboxylic acids is 1. The zero-order valence-corrected chi connectivity index (χ0v) is 14.5. The minimum absolute atomic E-state index is 0.0947. The standard InChI is InChI=1S/C18H28N2O4/c1-17(9-8-16(22)23)12-7-10-18(2)13(4-6-15(21)19-18)11(12)3-5-14(17)20-24/h11-13,24H,3-10H2,1-2H3,(H,19,21)(H,22,23). The van der Waals surface area contributed by atoms with Gasteiger partial charge >= 0.3 is 5.97 Å². The number of hydrogen-bond donors (Lipinski definition) is 3. The molecule has 6 nitrogen and oxygen atoms in total. The number of hydrogen-bond acceptors (Lipinski definition) is 4. The number of rotatable bonds is 3. The van der Waals surface area contributed by atoms with Gasteiger partial charge in [0.1, 0.15) is 0 Å². The molecule has 0 aromatic carbocycles. The number of piperidine rings is 1. The number of amides is 1. The first kappa shape index (κ1) is 17.2. The third kappa shape index (κ3) is 2.70. The van der Waals surface area contributed by atoms with E-state index in [9.17, 15) is 14.8 Å². The third-order valence-electron chi connectivity index (χ3n) is 7.11. The Morgan fingerprint density at radius 3 is 2.67 bits per heavy atom. The first-order valence-electron chi connectivity index (χ1n) is 9.04. The van der Waals surface area contributed by atoms with Crippen LogP contribution in [0.5, 0.6) is 0 Å². The summed E-state index contributed by atoms with van der Waals surface area (Å²) in [7, 11) is 0. The van der Waals surface area contributed by atoms with Crippen LogP contribution in [0.3, 0.4) is 0 Å². The summed E-state index contributed by atoms with van der Waals surface area (Å²) in [5.74, 6) is 0.548. The first-order valence-corrected chi connectivity index (χ1v) is 9.04. The maximum Gasteiger partial charge on any atom is 0.303 e. The molecule has 6 heteroatoms. The van der Waals surface area contributed by atoms with Gasteiger partial charge < -0.3 is 15.6 Å². The van der Waals surface area contributed by atoms with Crippen molar-refractivity contribution in [2.45, 2.75) is 70.8 Å². The molecule has 2 saturated carbocycles. The van der Waals surface area contributed by atoms with Gasteiger partial charge in [0.05, 0.1) is 5.71 Å². The van der Waals surface area contributed by atoms with E-state index in [0.717, 1.165) is 31.4 Å². The number of carbonyl (C=O) groups is 2. The maximum absolute atomic E-state index is 11.9. The van der Waals surface area contributed by atoms with Crippen LogP contribution in [-0.2, 0) is 9.59 Å². The van der Waals surface area contributed by atoms with Crippen LogP contribution in [0.1, 0.15) is 65.2 Å². The average Bonchev–Trinajstić information content (AvgIpc) is 2.52. The van der Waals surface area contributed by atoms with Crippen LogP contribution >= 0.6 is 0 Å². The van der Waals surface area contributed by atoms with Gasteiger partial charge in [-0.3, -0.25) is 9.59 Å². The van der Waals surface area contributed by atoms with Crippen molar-refractivity contribution in [1.29, 1.82) is 0 Å². The van der Waals surface area contributed by atoms with E-state index in [1.165, 1.54) is 0 Å². The van der Waals surface area contributed by atoms with Crippen molar-refractivity contribution in [2.75, 3.05) is 0 Å². The van der Waals surface area contributed by atoms with E-state index in [1.54, 1.807) is 0 Å². The molecule has 5 atom stereocenters. The SMILES string of the molecule is CC12CCC3C(CCC(=NO)C3(C)CCC(=O)O)C1CCC(=O)N2. The minimum atomic E-state index is -0.804. The summed E-state index contributed by atoms with van der Waals surface area (Å²) in [5.41, 5.74) is 0.255. The average molecular weight is 336 g/mol. The van der Waals surface area contributed by atoms with E-state index in [2.05, 4.69) is 24.3 Å². The first-order chi connectivity index (χ1) is 11.3. The van der Waals surface area contributed by atoms with Gasteiger partial charge in [0.15, 0.2) is 0 Å². The number of aliphatic carboxylic acids is 1. The fraction of sp³-hybridized carbons (Fsp3) is 0.833. The van der Waals surface area contributed by atoms with Crippen molar-refractivity contribution < 1.29 is 19.9 Å². The van der Waals surface area contributed by atoms with Crippen LogP contribution in [0.25, 0.3) is 0 Å². The number of oxime groups is 1. The number of carbonyl (C=O) groups excluding carboxylic acids is 1. The molecule has 1 heterocycles. The summed E-state index contributed by atoms with van der Waals surface area (Å²) in [6.07, 6.45) is 5.62. The second kappa shape index (κ2) is 6.05. The van der Waals surface area contributed by atoms with Crippen molar-refractivity contribution in [3.8, 4) is 0 Å². The van der Waals surface area contributed by atoms with Gasteiger partial charge in [-0.1, -0.05) is 12.1 Å². The second-order valence-corrected chi connectivity index (χ2v) is 8.32. The van der Waals surface area contributed by atoms with Crippen LogP contribution in [0.15, 0.2) is 5.16 Å². The van der Waals surface area contributed by atoms with Gasteiger partial charge in [0.2, 0.25) is 5.91 Å². The molecule has 0 radical (unpaired) electrons. The van der Waals surface area contributed by atoms with E-state index in [0.29, 0.717) is 37.0 Å². The van der Waals surface area contributed by atoms with Crippen molar-refractivity contribution in [3.05, 3.63) is 0 Å². The Kier molecular flexibility index (Phi) is 4.34. The zero-order valence-electron chi connectivity index (χ0n) is 14.5. The molecule has 1 saturated heterocycles. The molecule has 0 bridgehead atoms. The molecule has 24 heavy (non-hydrogen) atoms. The predicted molar refractivity (Wildman–Crippen MR) is 88.9 cm³/mol. The van der Waals surface area contributed by atoms with Gasteiger partial charge in [-0.05, 0) is 63.2 Å². The van der Waals surface area contributed by atoms with E-state index in [1.807, 2.05) is 0 Å². The third-order valence-corrected chi connectivity index (χ3v) is 7.11. The topological polar surface area (TPSA) is 99.0 Å². The highest BCUT2D eigenvalue weighted by Crippen LogP contribution is 2.57. The molecule has 3 aliphatic rings. The summed E-state index contributed by atoms with van der Waals surface area (Å²) < 4.78 is 0. The normalized spacial score (nSPS) is 43.7. The molecule has 134 valence electrons. The zero-order chi connectivity index (χ0) is 17.5. The van der Waals surface area contributed by atoms with E-state index >= 15 is 0 Å². The largest absolute Gasteiger partial charge is 0.481 e. The van der Waals surface area contributed by atoms with Gasteiger partial charge in [-0.25, -0.2) is 0 Å². The van der Waals surface area contributed by atoms with Crippen LogP contribution in [0.2, 0.25) is 0 Å². The van der Waals surface area contributed by atoms with Gasteiger partial charge in [0, 0.05) is 23.8 Å². The lowest BCUT2D eigenvalue weighted by molar-refractivity contribution is -0.138. The Balaban J connectivity index is 1.89. The summed E-state index contributed by atoms with van der Waals surface area (Å²) in [4.78, 5) is 23.0. The van der Waals surface area contributed by atoms with Gasteiger partial charge in [-0.15, -0.1) is 0 Å². The second-order valence-electron chi connectivity index (χ2n) is 8.32. The highest BCUT2D eigenvalue weighted by Gasteiger charge is 2.56. The molecule has 1 amide bonds. The lowest BCUT2D eigenvalue weighted by Crippen LogP contribution is -2.63. The number of fused-ring (bicyclic) bond motifs is 3.